The molecule has 1 aromatic carbocycles. The van der Waals surface area contributed by atoms with Gasteiger partial charge in [-0.05, 0) is 12.1 Å². The Labute approximate surface area is 169 Å². The Balaban J connectivity index is 1.43. The molecule has 1 aromatic heterocycles. The fourth-order valence-corrected chi connectivity index (χ4v) is 2.85. The fraction of sp³-hybridized carbons (Fsp3) is 0.333. The molecule has 160 valence electrons. The maximum Gasteiger partial charge on any atom is 0.573 e. The van der Waals surface area contributed by atoms with Gasteiger partial charge in [-0.2, -0.15) is 0 Å². The number of anilines is 2. The molecule has 2 heterocycles. The van der Waals surface area contributed by atoms with Gasteiger partial charge in [0.1, 0.15) is 11.6 Å². The predicted molar refractivity (Wildman–Crippen MR) is 101 cm³/mol. The second kappa shape index (κ2) is 9.29. The summed E-state index contributed by atoms with van der Waals surface area (Å²) in [5.41, 5.74) is 0.0966. The molecule has 0 spiro atoms. The molecule has 0 bridgehead atoms. The van der Waals surface area contributed by atoms with E-state index in [1.807, 2.05) is 4.90 Å². The third kappa shape index (κ3) is 6.22. The largest absolute Gasteiger partial charge is 0.573 e. The summed E-state index contributed by atoms with van der Waals surface area (Å²) in [6, 6.07) is 4.13. The minimum Gasteiger partial charge on any atom is -0.406 e. The van der Waals surface area contributed by atoms with Gasteiger partial charge in [0.15, 0.2) is 0 Å². The lowest BCUT2D eigenvalue weighted by atomic mass is 10.3. The minimum atomic E-state index is -4.83. The number of urea groups is 1. The number of carbonyl (C=O) groups excluding carboxylic acids is 2. The van der Waals surface area contributed by atoms with E-state index in [-0.39, 0.29) is 18.1 Å². The summed E-state index contributed by atoms with van der Waals surface area (Å²) in [5.74, 6) is 0.00860. The zero-order valence-corrected chi connectivity index (χ0v) is 15.7. The molecular formula is C18H19F3N6O3. The number of amides is 3. The Morgan fingerprint density at radius 2 is 1.90 bits per heavy atom. The number of alkyl halides is 3. The third-order valence-electron chi connectivity index (χ3n) is 4.23. The second-order valence-corrected chi connectivity index (χ2v) is 6.31. The number of aromatic nitrogens is 2. The average Bonchev–Trinajstić information content (AvgIpc) is 2.72. The number of piperazine rings is 1. The van der Waals surface area contributed by atoms with Crippen LogP contribution in [0.4, 0.5) is 29.5 Å². The van der Waals surface area contributed by atoms with Gasteiger partial charge in [-0.25, -0.2) is 9.78 Å². The number of carbonyl (C=O) groups is 2. The zero-order valence-electron chi connectivity index (χ0n) is 15.7. The van der Waals surface area contributed by atoms with Crippen LogP contribution in [0.3, 0.4) is 0 Å². The van der Waals surface area contributed by atoms with Gasteiger partial charge in [-0.3, -0.25) is 9.78 Å². The molecule has 2 N–H and O–H groups in total. The molecule has 1 aliphatic rings. The van der Waals surface area contributed by atoms with Crippen LogP contribution in [0.15, 0.2) is 42.9 Å². The highest BCUT2D eigenvalue weighted by atomic mass is 19.4. The molecule has 0 radical (unpaired) electrons. The van der Waals surface area contributed by atoms with Gasteiger partial charge in [-0.1, -0.05) is 6.07 Å². The van der Waals surface area contributed by atoms with E-state index >= 15 is 0 Å². The summed E-state index contributed by atoms with van der Waals surface area (Å²) in [7, 11) is 0. The first kappa shape index (κ1) is 21.1. The van der Waals surface area contributed by atoms with E-state index in [1.165, 1.54) is 12.1 Å². The van der Waals surface area contributed by atoms with Gasteiger partial charge < -0.3 is 25.2 Å². The van der Waals surface area contributed by atoms with Crippen molar-refractivity contribution in [3.8, 4) is 5.75 Å². The Morgan fingerprint density at radius 3 is 2.57 bits per heavy atom. The SMILES string of the molecule is O=C(NCC(=O)N1CCN(c2cnccn2)CC1)Nc1cccc(OC(F)(F)F)c1. The fourth-order valence-electron chi connectivity index (χ4n) is 2.85. The van der Waals surface area contributed by atoms with Crippen molar-refractivity contribution in [2.45, 2.75) is 6.36 Å². The quantitative estimate of drug-likeness (QED) is 0.760. The standard InChI is InChI=1S/C18H19F3N6O3/c19-18(20,21)30-14-3-1-2-13(10-14)25-17(29)24-12-16(28)27-8-6-26(7-9-27)15-11-22-4-5-23-15/h1-5,10-11H,6-9,12H2,(H2,24,25,29). The molecule has 1 aliphatic heterocycles. The average molecular weight is 424 g/mol. The molecule has 0 saturated carbocycles. The Hall–Kier alpha value is -3.57. The van der Waals surface area contributed by atoms with E-state index in [4.69, 9.17) is 0 Å². The first-order valence-electron chi connectivity index (χ1n) is 8.99. The Kier molecular flexibility index (Phi) is 6.54. The Morgan fingerprint density at radius 1 is 1.13 bits per heavy atom. The zero-order chi connectivity index (χ0) is 21.6. The van der Waals surface area contributed by atoms with Crippen molar-refractivity contribution in [2.24, 2.45) is 0 Å². The van der Waals surface area contributed by atoms with Crippen LogP contribution in [0.5, 0.6) is 5.75 Å². The van der Waals surface area contributed by atoms with Crippen molar-refractivity contribution < 1.29 is 27.5 Å². The summed E-state index contributed by atoms with van der Waals surface area (Å²) < 4.78 is 40.6. The number of hydrogen-bond donors (Lipinski definition) is 2. The van der Waals surface area contributed by atoms with Crippen molar-refractivity contribution in [3.63, 3.8) is 0 Å². The van der Waals surface area contributed by atoms with Crippen molar-refractivity contribution >= 4 is 23.4 Å². The van der Waals surface area contributed by atoms with Crippen LogP contribution in [-0.4, -0.2) is 65.9 Å². The van der Waals surface area contributed by atoms with E-state index in [2.05, 4.69) is 25.3 Å². The van der Waals surface area contributed by atoms with Gasteiger partial charge in [0.05, 0.1) is 12.7 Å². The van der Waals surface area contributed by atoms with E-state index in [0.29, 0.717) is 26.2 Å². The summed E-state index contributed by atoms with van der Waals surface area (Å²) in [4.78, 5) is 36.1. The predicted octanol–water partition coefficient (Wildman–Crippen LogP) is 1.85. The molecule has 1 fully saturated rings. The summed E-state index contributed by atoms with van der Waals surface area (Å²) in [5, 5.41) is 4.76. The first-order chi connectivity index (χ1) is 14.3. The normalized spacial score (nSPS) is 14.2. The smallest absolute Gasteiger partial charge is 0.406 e. The highest BCUT2D eigenvalue weighted by molar-refractivity contribution is 5.92. The van der Waals surface area contributed by atoms with E-state index < -0.39 is 18.1 Å². The lowest BCUT2D eigenvalue weighted by molar-refractivity contribution is -0.274. The minimum absolute atomic E-state index is 0.0966. The van der Waals surface area contributed by atoms with Gasteiger partial charge in [0.25, 0.3) is 0 Å². The monoisotopic (exact) mass is 424 g/mol. The molecule has 2 aromatic rings. The number of benzene rings is 1. The van der Waals surface area contributed by atoms with Crippen LogP contribution in [0.25, 0.3) is 0 Å². The summed E-state index contributed by atoms with van der Waals surface area (Å²) in [6.45, 7) is 1.87. The molecule has 0 aliphatic carbocycles. The maximum atomic E-state index is 12.3. The van der Waals surface area contributed by atoms with Crippen molar-refractivity contribution in [1.29, 1.82) is 0 Å². The third-order valence-corrected chi connectivity index (χ3v) is 4.23. The van der Waals surface area contributed by atoms with Crippen LogP contribution in [-0.2, 0) is 4.79 Å². The number of hydrogen-bond acceptors (Lipinski definition) is 6. The molecule has 12 heteroatoms. The van der Waals surface area contributed by atoms with E-state index in [0.717, 1.165) is 18.0 Å². The molecule has 0 atom stereocenters. The maximum absolute atomic E-state index is 12.3. The molecule has 3 amide bonds. The van der Waals surface area contributed by atoms with Gasteiger partial charge in [0.2, 0.25) is 5.91 Å². The molecule has 30 heavy (non-hydrogen) atoms. The van der Waals surface area contributed by atoms with Gasteiger partial charge in [-0.15, -0.1) is 13.2 Å². The molecule has 3 rings (SSSR count). The second-order valence-electron chi connectivity index (χ2n) is 6.31. The number of nitrogens with one attached hydrogen (secondary N) is 2. The summed E-state index contributed by atoms with van der Waals surface area (Å²) in [6.07, 6.45) is 0.00243. The van der Waals surface area contributed by atoms with Crippen LogP contribution < -0.4 is 20.3 Å². The topological polar surface area (TPSA) is 99.7 Å². The molecule has 1 saturated heterocycles. The number of halogens is 3. The van der Waals surface area contributed by atoms with Crippen molar-refractivity contribution in [1.82, 2.24) is 20.2 Å². The number of nitrogens with zero attached hydrogens (tertiary/aromatic N) is 4. The lowest BCUT2D eigenvalue weighted by Crippen LogP contribution is -2.51. The van der Waals surface area contributed by atoms with Crippen LogP contribution >= 0.6 is 0 Å². The van der Waals surface area contributed by atoms with Crippen LogP contribution in [0.2, 0.25) is 0 Å². The first-order valence-corrected chi connectivity index (χ1v) is 8.99. The van der Waals surface area contributed by atoms with E-state index in [1.54, 1.807) is 23.5 Å². The number of ether oxygens (including phenoxy) is 1. The molecule has 9 nitrogen and oxygen atoms in total. The summed E-state index contributed by atoms with van der Waals surface area (Å²) >= 11 is 0. The molecule has 0 unspecified atom stereocenters. The van der Waals surface area contributed by atoms with Crippen LogP contribution in [0, 0.1) is 0 Å². The number of rotatable bonds is 5. The Bertz CT molecular complexity index is 873. The van der Waals surface area contributed by atoms with E-state index in [9.17, 15) is 22.8 Å². The lowest BCUT2D eigenvalue weighted by Gasteiger charge is -2.35. The van der Waals surface area contributed by atoms with Gasteiger partial charge >= 0.3 is 12.4 Å². The molecular weight excluding hydrogens is 405 g/mol. The highest BCUT2D eigenvalue weighted by Crippen LogP contribution is 2.24. The van der Waals surface area contributed by atoms with Crippen molar-refractivity contribution in [3.05, 3.63) is 42.9 Å². The van der Waals surface area contributed by atoms with Gasteiger partial charge in [0, 0.05) is 50.3 Å². The van der Waals surface area contributed by atoms with Crippen LogP contribution in [0.1, 0.15) is 0 Å². The van der Waals surface area contributed by atoms with Crippen molar-refractivity contribution in [2.75, 3.05) is 42.9 Å². The highest BCUT2D eigenvalue weighted by Gasteiger charge is 2.31.